The monoisotopic (exact) mass is 434 g/mol. The minimum absolute atomic E-state index is 0.123. The first-order valence-electron chi connectivity index (χ1n) is 11.7. The molecule has 7 nitrogen and oxygen atoms in total. The molecule has 31 heavy (non-hydrogen) atoms. The molecule has 1 aromatic rings. The average molecular weight is 435 g/mol. The van der Waals surface area contributed by atoms with Gasteiger partial charge < -0.3 is 29.5 Å². The summed E-state index contributed by atoms with van der Waals surface area (Å²) < 4.78 is 11.6. The van der Waals surface area contributed by atoms with Gasteiger partial charge in [0.05, 0.1) is 0 Å². The molecule has 0 radical (unpaired) electrons. The summed E-state index contributed by atoms with van der Waals surface area (Å²) in [6, 6.07) is 5.22. The van der Waals surface area contributed by atoms with Gasteiger partial charge >= 0.3 is 0 Å². The van der Waals surface area contributed by atoms with Gasteiger partial charge in [0, 0.05) is 13.1 Å². The van der Waals surface area contributed by atoms with E-state index in [0.29, 0.717) is 30.2 Å². The first-order valence-corrected chi connectivity index (χ1v) is 11.7. The topological polar surface area (TPSA) is 82.5 Å². The Morgan fingerprint density at radius 1 is 0.839 bits per heavy atom. The Morgan fingerprint density at radius 3 is 1.65 bits per heavy atom. The fourth-order valence-electron chi connectivity index (χ4n) is 4.46. The summed E-state index contributed by atoms with van der Waals surface area (Å²) in [6.07, 6.45) is 5.96. The molecule has 7 heteroatoms. The maximum Gasteiger partial charge on any atom is 0.167 e. The molecule has 2 aliphatic heterocycles. The minimum atomic E-state index is -0.617. The third-order valence-electron chi connectivity index (χ3n) is 6.04. The van der Waals surface area contributed by atoms with Crippen molar-refractivity contribution in [2.75, 3.05) is 52.5 Å². The molecule has 1 aromatic carbocycles. The van der Waals surface area contributed by atoms with E-state index in [9.17, 15) is 15.0 Å². The van der Waals surface area contributed by atoms with Crippen molar-refractivity contribution < 1.29 is 24.5 Å². The van der Waals surface area contributed by atoms with E-state index in [0.717, 1.165) is 26.2 Å². The molecule has 2 fully saturated rings. The van der Waals surface area contributed by atoms with Crippen LogP contribution in [0.25, 0.3) is 0 Å². The zero-order valence-corrected chi connectivity index (χ0v) is 18.8. The van der Waals surface area contributed by atoms with Crippen molar-refractivity contribution in [3.63, 3.8) is 0 Å². The lowest BCUT2D eigenvalue weighted by Crippen LogP contribution is -2.39. The zero-order chi connectivity index (χ0) is 22.1. The van der Waals surface area contributed by atoms with Gasteiger partial charge in [-0.05, 0) is 70.9 Å². The summed E-state index contributed by atoms with van der Waals surface area (Å²) in [5, 5.41) is 20.7. The maximum absolute atomic E-state index is 12.3. The number of ketones is 1. The van der Waals surface area contributed by atoms with Gasteiger partial charge in [-0.1, -0.05) is 18.9 Å². The van der Waals surface area contributed by atoms with Crippen molar-refractivity contribution >= 4 is 5.78 Å². The Bertz CT molecular complexity index is 638. The fourth-order valence-corrected chi connectivity index (χ4v) is 4.46. The van der Waals surface area contributed by atoms with Crippen molar-refractivity contribution in [1.29, 1.82) is 0 Å². The predicted octanol–water partition coefficient (Wildman–Crippen LogP) is 2.34. The molecule has 2 atom stereocenters. The van der Waals surface area contributed by atoms with Gasteiger partial charge in [0.25, 0.3) is 0 Å². The van der Waals surface area contributed by atoms with Gasteiger partial charge in [0.1, 0.15) is 42.5 Å². The Morgan fingerprint density at radius 2 is 1.26 bits per heavy atom. The van der Waals surface area contributed by atoms with Crippen LogP contribution in [0.4, 0.5) is 0 Å². The second kappa shape index (κ2) is 12.4. The SMILES string of the molecule is CC(=O)c1c(OCC(O)CN2CCCCC2)cccc1OCC(O)CN1CCCCC1. The number of rotatable bonds is 11. The van der Waals surface area contributed by atoms with E-state index in [1.807, 2.05) is 0 Å². The highest BCUT2D eigenvalue weighted by molar-refractivity contribution is 5.99. The van der Waals surface area contributed by atoms with Crippen LogP contribution in [-0.4, -0.2) is 90.5 Å². The Kier molecular flexibility index (Phi) is 9.58. The van der Waals surface area contributed by atoms with Gasteiger partial charge in [-0.3, -0.25) is 4.79 Å². The number of benzene rings is 1. The number of hydrogen-bond acceptors (Lipinski definition) is 7. The zero-order valence-electron chi connectivity index (χ0n) is 18.8. The number of aliphatic hydroxyl groups excluding tert-OH is 2. The second-order valence-electron chi connectivity index (χ2n) is 8.84. The number of carbonyl (C=O) groups is 1. The lowest BCUT2D eigenvalue weighted by Gasteiger charge is -2.28. The third-order valence-corrected chi connectivity index (χ3v) is 6.04. The van der Waals surface area contributed by atoms with Crippen molar-refractivity contribution in [1.82, 2.24) is 9.80 Å². The van der Waals surface area contributed by atoms with Crippen LogP contribution in [0, 0.1) is 0 Å². The smallest absolute Gasteiger partial charge is 0.167 e. The minimum Gasteiger partial charge on any atom is -0.490 e. The summed E-state index contributed by atoms with van der Waals surface area (Å²) in [5.74, 6) is 0.656. The number of β-amino-alcohol motifs (C(OH)–C–C–N with tert-alkyl or cyclic N) is 2. The molecule has 3 rings (SSSR count). The standard InChI is InChI=1S/C24H38N2O5/c1-19(27)24-22(30-17-20(28)15-25-11-4-2-5-12-25)9-8-10-23(24)31-18-21(29)16-26-13-6-3-7-14-26/h8-10,20-21,28-29H,2-7,11-18H2,1H3. The molecule has 0 amide bonds. The number of aliphatic hydroxyl groups is 2. The number of carbonyl (C=O) groups excluding carboxylic acids is 1. The van der Waals surface area contributed by atoms with Crippen LogP contribution in [0.2, 0.25) is 0 Å². The van der Waals surface area contributed by atoms with Crippen molar-refractivity contribution in [2.24, 2.45) is 0 Å². The first kappa shape index (κ1) is 24.0. The number of ether oxygens (including phenoxy) is 2. The molecule has 0 bridgehead atoms. The van der Waals surface area contributed by atoms with Crippen molar-refractivity contribution in [2.45, 2.75) is 57.7 Å². The molecule has 0 aromatic heterocycles. The van der Waals surface area contributed by atoms with E-state index in [-0.39, 0.29) is 19.0 Å². The highest BCUT2D eigenvalue weighted by Crippen LogP contribution is 2.29. The lowest BCUT2D eigenvalue weighted by molar-refractivity contribution is 0.0583. The largest absolute Gasteiger partial charge is 0.490 e. The van der Waals surface area contributed by atoms with Crippen molar-refractivity contribution in [3.8, 4) is 11.5 Å². The van der Waals surface area contributed by atoms with E-state index >= 15 is 0 Å². The lowest BCUT2D eigenvalue weighted by atomic mass is 10.1. The van der Waals surface area contributed by atoms with Crippen LogP contribution in [0.5, 0.6) is 11.5 Å². The molecule has 2 N–H and O–H groups in total. The number of likely N-dealkylation sites (tertiary alicyclic amines) is 2. The summed E-state index contributed by atoms with van der Waals surface area (Å²) in [7, 11) is 0. The number of piperidine rings is 2. The third kappa shape index (κ3) is 7.75. The maximum atomic E-state index is 12.3. The molecule has 0 saturated carbocycles. The van der Waals surface area contributed by atoms with Gasteiger partial charge in [-0.2, -0.15) is 0 Å². The summed E-state index contributed by atoms with van der Waals surface area (Å²) in [5.41, 5.74) is 0.359. The van der Waals surface area contributed by atoms with Crippen LogP contribution in [0.1, 0.15) is 55.8 Å². The molecule has 2 unspecified atom stereocenters. The van der Waals surface area contributed by atoms with E-state index in [1.165, 1.54) is 45.4 Å². The van der Waals surface area contributed by atoms with Gasteiger partial charge in [-0.25, -0.2) is 0 Å². The number of hydrogen-bond donors (Lipinski definition) is 2. The van der Waals surface area contributed by atoms with E-state index < -0.39 is 12.2 Å². The van der Waals surface area contributed by atoms with Gasteiger partial charge in [0.2, 0.25) is 0 Å². The van der Waals surface area contributed by atoms with Crippen LogP contribution < -0.4 is 9.47 Å². The van der Waals surface area contributed by atoms with Crippen LogP contribution in [-0.2, 0) is 0 Å². The van der Waals surface area contributed by atoms with Crippen molar-refractivity contribution in [3.05, 3.63) is 23.8 Å². The number of nitrogens with zero attached hydrogens (tertiary/aromatic N) is 2. The van der Waals surface area contributed by atoms with Crippen LogP contribution in [0.3, 0.4) is 0 Å². The Hall–Kier alpha value is -1.67. The molecular formula is C24H38N2O5. The van der Waals surface area contributed by atoms with E-state index in [1.54, 1.807) is 18.2 Å². The molecule has 0 aliphatic carbocycles. The molecule has 0 spiro atoms. The van der Waals surface area contributed by atoms with Gasteiger partial charge in [0.15, 0.2) is 5.78 Å². The van der Waals surface area contributed by atoms with E-state index in [4.69, 9.17) is 9.47 Å². The fraction of sp³-hybridized carbons (Fsp3) is 0.708. The molecule has 174 valence electrons. The average Bonchev–Trinajstić information content (AvgIpc) is 2.77. The highest BCUT2D eigenvalue weighted by Gasteiger charge is 2.20. The van der Waals surface area contributed by atoms with E-state index in [2.05, 4.69) is 9.80 Å². The van der Waals surface area contributed by atoms with Gasteiger partial charge in [-0.15, -0.1) is 0 Å². The predicted molar refractivity (Wildman–Crippen MR) is 120 cm³/mol. The summed E-state index contributed by atoms with van der Waals surface area (Å²) in [6.45, 7) is 6.93. The summed E-state index contributed by atoms with van der Waals surface area (Å²) >= 11 is 0. The van der Waals surface area contributed by atoms with Crippen LogP contribution in [0.15, 0.2) is 18.2 Å². The normalized spacial score (nSPS) is 20.2. The first-order chi connectivity index (χ1) is 15.0. The van der Waals surface area contributed by atoms with Crippen LogP contribution >= 0.6 is 0 Å². The molecule has 2 heterocycles. The highest BCUT2D eigenvalue weighted by atomic mass is 16.5. The molecule has 2 saturated heterocycles. The quantitative estimate of drug-likeness (QED) is 0.517. The molecular weight excluding hydrogens is 396 g/mol. The number of Topliss-reactive ketones (excluding diaryl/α,β-unsaturated/α-hetero) is 1. The Balaban J connectivity index is 1.53. The Labute approximate surface area is 185 Å². The molecule has 2 aliphatic rings. The summed E-state index contributed by atoms with van der Waals surface area (Å²) in [4.78, 5) is 16.8. The second-order valence-corrected chi connectivity index (χ2v) is 8.84.